The van der Waals surface area contributed by atoms with E-state index in [2.05, 4.69) is 15.5 Å². The van der Waals surface area contributed by atoms with E-state index in [1.54, 1.807) is 18.3 Å². The number of aromatic nitrogens is 1. The van der Waals surface area contributed by atoms with Gasteiger partial charge in [-0.25, -0.2) is 4.98 Å². The van der Waals surface area contributed by atoms with Crippen LogP contribution in [-0.2, 0) is 28.8 Å². The van der Waals surface area contributed by atoms with E-state index >= 15 is 0 Å². The highest BCUT2D eigenvalue weighted by Crippen LogP contribution is 2.29. The molecule has 2 N–H and O–H groups in total. The highest BCUT2D eigenvalue weighted by Gasteiger charge is 2.29. The van der Waals surface area contributed by atoms with Gasteiger partial charge in [-0.3, -0.25) is 4.79 Å². The average Bonchev–Trinajstić information content (AvgIpc) is 2.60. The fraction of sp³-hybridized carbons (Fsp3) is 0.235. The largest absolute Gasteiger partial charge is 0.480 e. The van der Waals surface area contributed by atoms with Crippen LogP contribution in [0.2, 0.25) is 0 Å². The summed E-state index contributed by atoms with van der Waals surface area (Å²) in [4.78, 5) is 19.5. The van der Waals surface area contributed by atoms with Gasteiger partial charge in [-0.15, -0.1) is 0 Å². The monoisotopic (exact) mass is 367 g/mol. The molecule has 6 nitrogen and oxygen atoms in total. The van der Waals surface area contributed by atoms with E-state index in [9.17, 15) is 18.0 Å². The van der Waals surface area contributed by atoms with Gasteiger partial charge in [-0.1, -0.05) is 23.4 Å². The maximum absolute atomic E-state index is 12.4. The van der Waals surface area contributed by atoms with Crippen molar-refractivity contribution in [2.45, 2.75) is 19.2 Å². The molecular formula is C17H16F3N3O3. The number of nitrogens with one attached hydrogen (secondary N) is 1. The van der Waals surface area contributed by atoms with Crippen LogP contribution in [0.3, 0.4) is 0 Å². The van der Waals surface area contributed by atoms with Crippen LogP contribution >= 0.6 is 0 Å². The van der Waals surface area contributed by atoms with Crippen LogP contribution in [0.5, 0.6) is 0 Å². The first-order valence-corrected chi connectivity index (χ1v) is 7.55. The summed E-state index contributed by atoms with van der Waals surface area (Å²) < 4.78 is 37.3. The second-order valence-electron chi connectivity index (χ2n) is 5.26. The fourth-order valence-corrected chi connectivity index (χ4v) is 1.91. The number of hydrogen-bond acceptors (Lipinski definition) is 5. The van der Waals surface area contributed by atoms with Crippen molar-refractivity contribution in [3.8, 4) is 0 Å². The number of benzene rings is 1. The Morgan fingerprint density at radius 1 is 1.19 bits per heavy atom. The van der Waals surface area contributed by atoms with Gasteiger partial charge in [0.1, 0.15) is 19.0 Å². The van der Waals surface area contributed by atoms with Crippen molar-refractivity contribution in [3.05, 3.63) is 59.3 Å². The molecule has 0 unspecified atom stereocenters. The van der Waals surface area contributed by atoms with E-state index in [1.807, 2.05) is 0 Å². The first-order valence-electron chi connectivity index (χ1n) is 7.55. The molecule has 0 amide bonds. The van der Waals surface area contributed by atoms with Gasteiger partial charge in [-0.2, -0.15) is 13.2 Å². The first-order chi connectivity index (χ1) is 12.3. The Bertz CT molecular complexity index is 745. The summed E-state index contributed by atoms with van der Waals surface area (Å²) in [5.41, 5.74) is 0.706. The zero-order chi connectivity index (χ0) is 19.0. The van der Waals surface area contributed by atoms with E-state index in [0.717, 1.165) is 17.7 Å². The molecule has 0 saturated heterocycles. The number of rotatable bonds is 8. The van der Waals surface area contributed by atoms with Crippen LogP contribution in [0.15, 0.2) is 47.8 Å². The topological polar surface area (TPSA) is 83.8 Å². The lowest BCUT2D eigenvalue weighted by molar-refractivity contribution is -0.137. The van der Waals surface area contributed by atoms with Crippen LogP contribution in [0, 0.1) is 0 Å². The summed E-state index contributed by atoms with van der Waals surface area (Å²) in [7, 11) is 0. The number of carbonyl (C=O) groups is 1. The molecule has 138 valence electrons. The normalized spacial score (nSPS) is 11.5. The number of carboxylic acid groups (broad SMARTS) is 1. The number of anilines is 1. The van der Waals surface area contributed by atoms with Gasteiger partial charge < -0.3 is 15.3 Å². The lowest BCUT2D eigenvalue weighted by Crippen LogP contribution is -2.13. The average molecular weight is 367 g/mol. The van der Waals surface area contributed by atoms with Crippen LogP contribution in [-0.4, -0.2) is 28.8 Å². The van der Waals surface area contributed by atoms with Gasteiger partial charge in [0.05, 0.1) is 5.56 Å². The molecule has 0 fully saturated rings. The second-order valence-corrected chi connectivity index (χ2v) is 5.26. The molecule has 9 heteroatoms. The van der Waals surface area contributed by atoms with Gasteiger partial charge in [0, 0.05) is 18.8 Å². The molecule has 1 aromatic carbocycles. The van der Waals surface area contributed by atoms with E-state index < -0.39 is 17.7 Å². The molecule has 0 aliphatic rings. The standard InChI is InChI=1S/C17H16F3N3O3/c18-17(19,20)14-4-1-13(2-5-14)11-26-23-8-7-12-3-6-15(21-9-12)22-10-16(24)25/h1-6,8-9H,7,10-11H2,(H,21,22)(H,24,25). The molecule has 1 heterocycles. The van der Waals surface area contributed by atoms with Gasteiger partial charge >= 0.3 is 12.1 Å². The zero-order valence-corrected chi connectivity index (χ0v) is 13.5. The third kappa shape index (κ3) is 6.42. The quantitative estimate of drug-likeness (QED) is 0.552. The summed E-state index contributed by atoms with van der Waals surface area (Å²) >= 11 is 0. The lowest BCUT2D eigenvalue weighted by atomic mass is 10.1. The van der Waals surface area contributed by atoms with Gasteiger partial charge in [0.25, 0.3) is 0 Å². The van der Waals surface area contributed by atoms with E-state index in [-0.39, 0.29) is 13.2 Å². The molecule has 0 aliphatic heterocycles. The third-order valence-electron chi connectivity index (χ3n) is 3.23. The van der Waals surface area contributed by atoms with Crippen molar-refractivity contribution < 1.29 is 27.9 Å². The number of pyridine rings is 1. The van der Waals surface area contributed by atoms with Crippen molar-refractivity contribution in [3.63, 3.8) is 0 Å². The first kappa shape index (κ1) is 19.2. The van der Waals surface area contributed by atoms with E-state index in [0.29, 0.717) is 17.8 Å². The Labute approximate surface area is 147 Å². The predicted octanol–water partition coefficient (Wildman–Crippen LogP) is 3.34. The molecule has 2 aromatic rings. The number of carboxylic acids is 1. The van der Waals surface area contributed by atoms with Crippen molar-refractivity contribution in [2.24, 2.45) is 5.16 Å². The second kappa shape index (κ2) is 8.84. The fourth-order valence-electron chi connectivity index (χ4n) is 1.91. The minimum absolute atomic E-state index is 0.0604. The molecule has 0 aliphatic carbocycles. The number of hydrogen-bond donors (Lipinski definition) is 2. The molecule has 0 saturated carbocycles. The number of halogens is 3. The maximum atomic E-state index is 12.4. The Hall–Kier alpha value is -3.10. The number of aliphatic carboxylic acids is 1. The Morgan fingerprint density at radius 3 is 2.46 bits per heavy atom. The molecule has 2 rings (SSSR count). The van der Waals surface area contributed by atoms with Crippen molar-refractivity contribution in [1.29, 1.82) is 0 Å². The van der Waals surface area contributed by atoms with Gasteiger partial charge in [0.2, 0.25) is 0 Å². The summed E-state index contributed by atoms with van der Waals surface area (Å²) in [6, 6.07) is 8.08. The molecule has 0 radical (unpaired) electrons. The SMILES string of the molecule is O=C(O)CNc1ccc(CC=NOCc2ccc(C(F)(F)F)cc2)cn1. The molecule has 0 bridgehead atoms. The van der Waals surface area contributed by atoms with Crippen molar-refractivity contribution >= 4 is 18.0 Å². The number of alkyl halides is 3. The minimum Gasteiger partial charge on any atom is -0.480 e. The van der Waals surface area contributed by atoms with Crippen LogP contribution < -0.4 is 5.32 Å². The lowest BCUT2D eigenvalue weighted by Gasteiger charge is -2.07. The molecule has 0 spiro atoms. The zero-order valence-electron chi connectivity index (χ0n) is 13.5. The van der Waals surface area contributed by atoms with Gasteiger partial charge in [-0.05, 0) is 29.3 Å². The predicted molar refractivity (Wildman–Crippen MR) is 88.8 cm³/mol. The van der Waals surface area contributed by atoms with Crippen LogP contribution in [0.25, 0.3) is 0 Å². The summed E-state index contributed by atoms with van der Waals surface area (Å²) in [6.07, 6.45) is -0.832. The van der Waals surface area contributed by atoms with Crippen molar-refractivity contribution in [2.75, 3.05) is 11.9 Å². The summed E-state index contributed by atoms with van der Waals surface area (Å²) in [5.74, 6) is -0.528. The molecular weight excluding hydrogens is 351 g/mol. The summed E-state index contributed by atoms with van der Waals surface area (Å²) in [6.45, 7) is -0.156. The third-order valence-corrected chi connectivity index (χ3v) is 3.23. The van der Waals surface area contributed by atoms with E-state index in [4.69, 9.17) is 9.94 Å². The van der Waals surface area contributed by atoms with Gasteiger partial charge in [0.15, 0.2) is 0 Å². The van der Waals surface area contributed by atoms with Crippen molar-refractivity contribution in [1.82, 2.24) is 4.98 Å². The number of oxime groups is 1. The highest BCUT2D eigenvalue weighted by atomic mass is 19.4. The molecule has 1 aromatic heterocycles. The maximum Gasteiger partial charge on any atom is 0.416 e. The van der Waals surface area contributed by atoms with E-state index in [1.165, 1.54) is 18.3 Å². The Morgan fingerprint density at radius 2 is 1.88 bits per heavy atom. The van der Waals surface area contributed by atoms with Crippen LogP contribution in [0.1, 0.15) is 16.7 Å². The molecule has 26 heavy (non-hydrogen) atoms. The smallest absolute Gasteiger partial charge is 0.416 e. The Kier molecular flexibility index (Phi) is 6.54. The summed E-state index contributed by atoms with van der Waals surface area (Å²) in [5, 5.41) is 14.9. The highest BCUT2D eigenvalue weighted by molar-refractivity contribution is 5.72. The Balaban J connectivity index is 1.74. The molecule has 0 atom stereocenters. The minimum atomic E-state index is -4.36. The number of nitrogens with zero attached hydrogens (tertiary/aromatic N) is 2. The van der Waals surface area contributed by atoms with Crippen LogP contribution in [0.4, 0.5) is 19.0 Å².